The molecule has 1 unspecified atom stereocenters. The molecular formula is C21H26N2O12. The van der Waals surface area contributed by atoms with E-state index < -0.39 is 47.8 Å². The zero-order valence-electron chi connectivity index (χ0n) is 18.7. The van der Waals surface area contributed by atoms with E-state index in [9.17, 15) is 14.4 Å². The van der Waals surface area contributed by atoms with Crippen molar-refractivity contribution in [3.05, 3.63) is 42.0 Å². The Labute approximate surface area is 199 Å². The number of hydrogen-bond acceptors (Lipinski definition) is 14. The first kappa shape index (κ1) is 28.0. The number of unbranched alkanes of at least 4 members (excludes halogenated alkanes) is 1. The zero-order chi connectivity index (χ0) is 25.8. The van der Waals surface area contributed by atoms with Crippen LogP contribution in [0.15, 0.2) is 36.4 Å². The first-order valence-corrected chi connectivity index (χ1v) is 10.3. The molecule has 0 saturated carbocycles. The molecule has 0 amide bonds. The van der Waals surface area contributed by atoms with Gasteiger partial charge >= 0.3 is 17.9 Å². The second-order valence-electron chi connectivity index (χ2n) is 7.11. The summed E-state index contributed by atoms with van der Waals surface area (Å²) in [6.45, 7) is 0.459. The highest BCUT2D eigenvalue weighted by molar-refractivity contribution is 5.88. The lowest BCUT2D eigenvalue weighted by molar-refractivity contribution is -0.492. The van der Waals surface area contributed by atoms with Gasteiger partial charge < -0.3 is 14.2 Å². The van der Waals surface area contributed by atoms with E-state index in [0.29, 0.717) is 23.8 Å². The molecule has 0 spiro atoms. The summed E-state index contributed by atoms with van der Waals surface area (Å²) in [6, 6.07) is 9.95. The summed E-state index contributed by atoms with van der Waals surface area (Å²) in [4.78, 5) is 44.2. The Hall–Kier alpha value is -3.21. The molecule has 1 atom stereocenters. The number of carbonyl (C=O) groups excluding carboxylic acids is 3. The van der Waals surface area contributed by atoms with E-state index in [2.05, 4.69) is 9.68 Å². The van der Waals surface area contributed by atoms with E-state index in [4.69, 9.17) is 35.0 Å². The molecule has 14 nitrogen and oxygen atoms in total. The van der Waals surface area contributed by atoms with Gasteiger partial charge in [-0.2, -0.15) is 0 Å². The van der Waals surface area contributed by atoms with Crippen molar-refractivity contribution >= 4 is 28.7 Å². The first-order valence-electron chi connectivity index (χ1n) is 10.3. The van der Waals surface area contributed by atoms with E-state index in [1.54, 1.807) is 37.3 Å². The Morgan fingerprint density at radius 2 is 1.46 bits per heavy atom. The summed E-state index contributed by atoms with van der Waals surface area (Å²) in [6.07, 6.45) is 0.827. The first-order chi connectivity index (χ1) is 16.7. The molecule has 0 aliphatic rings. The molecule has 0 aromatic heterocycles. The molecule has 0 saturated heterocycles. The van der Waals surface area contributed by atoms with E-state index in [1.165, 1.54) is 6.07 Å². The van der Waals surface area contributed by atoms with Crippen LogP contribution < -0.4 is 4.74 Å². The summed E-state index contributed by atoms with van der Waals surface area (Å²) in [5.74, 6) is -2.64. The third kappa shape index (κ3) is 10.3. The summed E-state index contributed by atoms with van der Waals surface area (Å²) >= 11 is 0. The lowest BCUT2D eigenvalue weighted by Crippen LogP contribution is -2.23. The minimum absolute atomic E-state index is 0.0261. The Bertz CT molecular complexity index is 997. The van der Waals surface area contributed by atoms with Gasteiger partial charge in [0.2, 0.25) is 0 Å². The van der Waals surface area contributed by atoms with Gasteiger partial charge in [0.15, 0.2) is 13.2 Å². The maximum Gasteiger partial charge on any atom is 0.344 e. The Balaban J connectivity index is 1.82. The highest BCUT2D eigenvalue weighted by Gasteiger charge is 2.19. The summed E-state index contributed by atoms with van der Waals surface area (Å²) in [5, 5.41) is 34.1. The van der Waals surface area contributed by atoms with Crippen LogP contribution in [0.1, 0.15) is 31.2 Å². The molecule has 4 N–H and O–H groups in total. The fraction of sp³-hybridized carbons (Fsp3) is 0.381. The van der Waals surface area contributed by atoms with Crippen molar-refractivity contribution in [1.29, 1.82) is 0 Å². The smallest absolute Gasteiger partial charge is 0.344 e. The van der Waals surface area contributed by atoms with Gasteiger partial charge in [0.25, 0.3) is 0 Å². The molecule has 0 bridgehead atoms. The van der Waals surface area contributed by atoms with E-state index in [0.717, 1.165) is 5.39 Å². The average Bonchev–Trinajstić information content (AvgIpc) is 2.82. The predicted molar refractivity (Wildman–Crippen MR) is 112 cm³/mol. The van der Waals surface area contributed by atoms with Gasteiger partial charge in [-0.25, -0.2) is 14.4 Å². The zero-order valence-corrected chi connectivity index (χ0v) is 18.7. The molecule has 2 aromatic rings. The number of nitrogens with zero attached hydrogens (tertiary/aromatic N) is 2. The highest BCUT2D eigenvalue weighted by Crippen LogP contribution is 2.26. The fourth-order valence-corrected chi connectivity index (χ4v) is 2.82. The van der Waals surface area contributed by atoms with Crippen LogP contribution in [0.3, 0.4) is 0 Å². The van der Waals surface area contributed by atoms with Crippen molar-refractivity contribution in [3.63, 3.8) is 0 Å². The molecule has 0 aliphatic heterocycles. The van der Waals surface area contributed by atoms with Crippen LogP contribution in [0.25, 0.3) is 10.8 Å². The lowest BCUT2D eigenvalue weighted by atomic mass is 9.98. The Morgan fingerprint density at radius 3 is 2.17 bits per heavy atom. The van der Waals surface area contributed by atoms with Crippen molar-refractivity contribution in [2.75, 3.05) is 26.4 Å². The summed E-state index contributed by atoms with van der Waals surface area (Å²) < 4.78 is 15.0. The predicted octanol–water partition coefficient (Wildman–Crippen LogP) is 1.74. The molecule has 192 valence electrons. The van der Waals surface area contributed by atoms with Crippen molar-refractivity contribution in [3.8, 4) is 5.75 Å². The Morgan fingerprint density at radius 1 is 0.800 bits per heavy atom. The summed E-state index contributed by atoms with van der Waals surface area (Å²) in [5.41, 5.74) is 0.641. The maximum absolute atomic E-state index is 12.3. The monoisotopic (exact) mass is 498 g/mol. The maximum atomic E-state index is 12.3. The van der Waals surface area contributed by atoms with Crippen molar-refractivity contribution in [1.82, 2.24) is 10.8 Å². The lowest BCUT2D eigenvalue weighted by Gasteiger charge is -2.13. The van der Waals surface area contributed by atoms with E-state index in [-0.39, 0.29) is 19.0 Å². The fourth-order valence-electron chi connectivity index (χ4n) is 2.82. The second-order valence-corrected chi connectivity index (χ2v) is 7.11. The number of benzene rings is 2. The molecule has 0 heterocycles. The number of rotatable bonds is 14. The van der Waals surface area contributed by atoms with Crippen LogP contribution in [0, 0.1) is 0 Å². The third-order valence-electron chi connectivity index (χ3n) is 4.56. The van der Waals surface area contributed by atoms with Gasteiger partial charge in [-0.05, 0) is 48.2 Å². The van der Waals surface area contributed by atoms with Crippen LogP contribution in [0.2, 0.25) is 0 Å². The standard InChI is InChI=1S/C21H26N2O12/c1-14(21(26)32-12-19(24)31-8-2-3-9-33-22(27)28)15-4-5-17-11-18(7-6-16(17)10-15)35-20(25)13-34-23(29)30/h4-7,10-11,14,27-30H,2-3,8-9,12-13H2,1H3. The molecule has 14 heteroatoms. The van der Waals surface area contributed by atoms with Gasteiger partial charge in [0, 0.05) is 0 Å². The van der Waals surface area contributed by atoms with Crippen LogP contribution >= 0.6 is 0 Å². The second kappa shape index (κ2) is 14.2. The van der Waals surface area contributed by atoms with Gasteiger partial charge in [0.05, 0.1) is 29.9 Å². The van der Waals surface area contributed by atoms with Crippen molar-refractivity contribution < 1.29 is 59.1 Å². The molecular weight excluding hydrogens is 472 g/mol. The van der Waals surface area contributed by atoms with Gasteiger partial charge in [0.1, 0.15) is 5.75 Å². The molecule has 0 radical (unpaired) electrons. The molecule has 0 aliphatic carbocycles. The largest absolute Gasteiger partial charge is 0.463 e. The topological polar surface area (TPSA) is 185 Å². The number of ether oxygens (including phenoxy) is 3. The van der Waals surface area contributed by atoms with Crippen LogP contribution in [-0.4, -0.2) is 75.9 Å². The van der Waals surface area contributed by atoms with Crippen molar-refractivity contribution in [2.45, 2.75) is 25.7 Å². The molecule has 2 rings (SSSR count). The minimum atomic E-state index is -0.849. The quantitative estimate of drug-likeness (QED) is 0.128. The van der Waals surface area contributed by atoms with E-state index >= 15 is 0 Å². The number of fused-ring (bicyclic) bond motifs is 1. The van der Waals surface area contributed by atoms with Crippen molar-refractivity contribution in [2.24, 2.45) is 0 Å². The third-order valence-corrected chi connectivity index (χ3v) is 4.56. The van der Waals surface area contributed by atoms with Crippen LogP contribution in [-0.2, 0) is 33.5 Å². The SMILES string of the molecule is CC(C(=O)OCC(=O)OCCCCON(O)O)c1ccc2cc(OC(=O)CON(O)O)ccc2c1. The summed E-state index contributed by atoms with van der Waals surface area (Å²) in [7, 11) is 0. The number of carbonyl (C=O) groups is 3. The normalized spacial score (nSPS) is 12.1. The number of esters is 3. The minimum Gasteiger partial charge on any atom is -0.463 e. The molecule has 2 aromatic carbocycles. The number of hydrogen-bond donors (Lipinski definition) is 4. The van der Waals surface area contributed by atoms with E-state index in [1.807, 2.05) is 0 Å². The van der Waals surface area contributed by atoms with Gasteiger partial charge in [-0.15, -0.1) is 0 Å². The average molecular weight is 498 g/mol. The highest BCUT2D eigenvalue weighted by atomic mass is 17.1. The molecule has 0 fully saturated rings. The van der Waals surface area contributed by atoms with Crippen LogP contribution in [0.4, 0.5) is 0 Å². The molecule has 35 heavy (non-hydrogen) atoms. The Kier molecular flexibility index (Phi) is 11.4. The van der Waals surface area contributed by atoms with Gasteiger partial charge in [-0.1, -0.05) is 24.3 Å². The van der Waals surface area contributed by atoms with Gasteiger partial charge in [-0.3, -0.25) is 30.5 Å². The van der Waals surface area contributed by atoms with Crippen LogP contribution in [0.5, 0.6) is 5.75 Å².